The summed E-state index contributed by atoms with van der Waals surface area (Å²) in [6.45, 7) is 6.96. The highest BCUT2D eigenvalue weighted by Crippen LogP contribution is 2.25. The Hall–Kier alpha value is -2.44. The molecule has 1 aromatic heterocycles. The molecule has 35 heavy (non-hydrogen) atoms. The van der Waals surface area contributed by atoms with Gasteiger partial charge in [0.25, 0.3) is 0 Å². The number of carbonyl (C=O) groups is 2. The van der Waals surface area contributed by atoms with Crippen LogP contribution >= 0.6 is 12.4 Å². The minimum Gasteiger partial charge on any atom is -0.343 e. The number of hydrogen-bond acceptors (Lipinski definition) is 4. The first-order chi connectivity index (χ1) is 16.6. The van der Waals surface area contributed by atoms with Crippen LogP contribution in [0.3, 0.4) is 0 Å². The van der Waals surface area contributed by atoms with Gasteiger partial charge in [-0.3, -0.25) is 14.6 Å². The van der Waals surface area contributed by atoms with Crippen molar-refractivity contribution in [3.63, 3.8) is 0 Å². The lowest BCUT2D eigenvalue weighted by atomic mass is 9.90. The molecular formula is C28H39ClN4O2. The number of piperidine rings is 2. The van der Waals surface area contributed by atoms with Crippen molar-refractivity contribution in [3.8, 4) is 0 Å². The van der Waals surface area contributed by atoms with Crippen molar-refractivity contribution >= 4 is 29.9 Å². The highest BCUT2D eigenvalue weighted by atomic mass is 35.5. The van der Waals surface area contributed by atoms with Crippen molar-refractivity contribution in [2.75, 3.05) is 44.2 Å². The van der Waals surface area contributed by atoms with E-state index < -0.39 is 0 Å². The Bertz CT molecular complexity index is 911. The number of hydrogen-bond donors (Lipinski definition) is 0. The standard InChI is InChI=1S/C28H38N4O2.ClH/c1-23(33)31-19-12-26(13-20-31)28(34)32(27-9-5-14-29-22-27)16-6-15-30-17-10-25(11-18-30)21-24-7-3-2-4-8-24;/h2-5,7-9,14,22,25-26H,6,10-13,15-21H2,1H3;1H. The second-order valence-electron chi connectivity index (χ2n) is 9.81. The molecule has 2 aliphatic heterocycles. The van der Waals surface area contributed by atoms with Gasteiger partial charge in [0.1, 0.15) is 0 Å². The molecule has 0 saturated carbocycles. The van der Waals surface area contributed by atoms with Crippen molar-refractivity contribution < 1.29 is 9.59 Å². The van der Waals surface area contributed by atoms with Gasteiger partial charge in [-0.05, 0) is 81.8 Å². The smallest absolute Gasteiger partial charge is 0.230 e. The third-order valence-electron chi connectivity index (χ3n) is 7.44. The number of rotatable bonds is 8. The zero-order valence-electron chi connectivity index (χ0n) is 20.8. The quantitative estimate of drug-likeness (QED) is 0.540. The summed E-state index contributed by atoms with van der Waals surface area (Å²) in [6.07, 6.45) is 9.64. The number of pyridine rings is 1. The second-order valence-corrected chi connectivity index (χ2v) is 9.81. The predicted molar refractivity (Wildman–Crippen MR) is 143 cm³/mol. The molecule has 0 spiro atoms. The lowest BCUT2D eigenvalue weighted by molar-refractivity contribution is -0.133. The van der Waals surface area contributed by atoms with Crippen molar-refractivity contribution in [2.24, 2.45) is 11.8 Å². The van der Waals surface area contributed by atoms with Crippen molar-refractivity contribution in [1.82, 2.24) is 14.8 Å². The molecule has 4 rings (SSSR count). The van der Waals surface area contributed by atoms with E-state index in [1.54, 1.807) is 19.3 Å². The summed E-state index contributed by atoms with van der Waals surface area (Å²) >= 11 is 0. The van der Waals surface area contributed by atoms with Crippen molar-refractivity contribution in [1.29, 1.82) is 0 Å². The Kier molecular flexibility index (Phi) is 10.5. The summed E-state index contributed by atoms with van der Waals surface area (Å²) < 4.78 is 0. The first kappa shape index (κ1) is 27.2. The SMILES string of the molecule is CC(=O)N1CCC(C(=O)N(CCCN2CCC(Cc3ccccc3)CC2)c2cccnc2)CC1.Cl. The molecule has 2 amide bonds. The molecular weight excluding hydrogens is 460 g/mol. The predicted octanol–water partition coefficient (Wildman–Crippen LogP) is 4.44. The van der Waals surface area contributed by atoms with Crippen LogP contribution in [0.5, 0.6) is 0 Å². The van der Waals surface area contributed by atoms with Gasteiger partial charge in [0, 0.05) is 38.7 Å². The average molecular weight is 499 g/mol. The van der Waals surface area contributed by atoms with E-state index in [2.05, 4.69) is 40.2 Å². The van der Waals surface area contributed by atoms with Gasteiger partial charge in [0.2, 0.25) is 11.8 Å². The molecule has 2 saturated heterocycles. The molecule has 0 radical (unpaired) electrons. The summed E-state index contributed by atoms with van der Waals surface area (Å²) in [5.74, 6) is 1.03. The molecule has 7 heteroatoms. The normalized spacial score (nSPS) is 17.6. The molecule has 2 aromatic rings. The second kappa shape index (κ2) is 13.6. The number of nitrogens with zero attached hydrogens (tertiary/aromatic N) is 4. The van der Waals surface area contributed by atoms with E-state index in [4.69, 9.17) is 0 Å². The van der Waals surface area contributed by atoms with Crippen LogP contribution in [0.4, 0.5) is 5.69 Å². The Balaban J connectivity index is 0.00000342. The maximum atomic E-state index is 13.5. The van der Waals surface area contributed by atoms with Crippen LogP contribution in [0, 0.1) is 11.8 Å². The van der Waals surface area contributed by atoms with E-state index in [9.17, 15) is 9.59 Å². The van der Waals surface area contributed by atoms with Gasteiger partial charge < -0.3 is 14.7 Å². The molecule has 3 heterocycles. The maximum Gasteiger partial charge on any atom is 0.230 e. The summed E-state index contributed by atoms with van der Waals surface area (Å²) in [5, 5.41) is 0. The van der Waals surface area contributed by atoms with E-state index in [0.29, 0.717) is 19.6 Å². The van der Waals surface area contributed by atoms with E-state index in [-0.39, 0.29) is 30.1 Å². The average Bonchev–Trinajstić information content (AvgIpc) is 2.88. The van der Waals surface area contributed by atoms with Crippen LogP contribution in [0.1, 0.15) is 44.6 Å². The Labute approximate surface area is 216 Å². The monoisotopic (exact) mass is 498 g/mol. The Morgan fingerprint density at radius 3 is 2.31 bits per heavy atom. The summed E-state index contributed by atoms with van der Waals surface area (Å²) in [7, 11) is 0. The van der Waals surface area contributed by atoms with E-state index in [1.165, 1.54) is 24.8 Å². The van der Waals surface area contributed by atoms with Crippen LogP contribution < -0.4 is 4.90 Å². The largest absolute Gasteiger partial charge is 0.343 e. The first-order valence-electron chi connectivity index (χ1n) is 12.8. The van der Waals surface area contributed by atoms with Crippen molar-refractivity contribution in [2.45, 2.75) is 45.4 Å². The molecule has 190 valence electrons. The molecule has 2 fully saturated rings. The van der Waals surface area contributed by atoms with Crippen LogP contribution in [-0.2, 0) is 16.0 Å². The van der Waals surface area contributed by atoms with Gasteiger partial charge in [0.05, 0.1) is 11.9 Å². The van der Waals surface area contributed by atoms with Gasteiger partial charge in [-0.15, -0.1) is 12.4 Å². The summed E-state index contributed by atoms with van der Waals surface area (Å²) in [4.78, 5) is 35.7. The van der Waals surface area contributed by atoms with E-state index in [1.807, 2.05) is 21.9 Å². The molecule has 0 unspecified atom stereocenters. The number of likely N-dealkylation sites (tertiary alicyclic amines) is 2. The van der Waals surface area contributed by atoms with Crippen LogP contribution in [0.15, 0.2) is 54.9 Å². The van der Waals surface area contributed by atoms with Gasteiger partial charge >= 0.3 is 0 Å². The summed E-state index contributed by atoms with van der Waals surface area (Å²) in [5.41, 5.74) is 2.32. The van der Waals surface area contributed by atoms with Gasteiger partial charge in [-0.2, -0.15) is 0 Å². The number of halogens is 1. The Morgan fingerprint density at radius 1 is 0.971 bits per heavy atom. The molecule has 0 bridgehead atoms. The van der Waals surface area contributed by atoms with Crippen molar-refractivity contribution in [3.05, 3.63) is 60.4 Å². The highest BCUT2D eigenvalue weighted by Gasteiger charge is 2.30. The minimum atomic E-state index is -0.0236. The van der Waals surface area contributed by atoms with Crippen LogP contribution in [0.2, 0.25) is 0 Å². The lowest BCUT2D eigenvalue weighted by Gasteiger charge is -2.35. The zero-order chi connectivity index (χ0) is 23.8. The fourth-order valence-corrected chi connectivity index (χ4v) is 5.36. The van der Waals surface area contributed by atoms with Gasteiger partial charge in [-0.25, -0.2) is 0 Å². The number of aromatic nitrogens is 1. The topological polar surface area (TPSA) is 56.8 Å². The fraction of sp³-hybridized carbons (Fsp3) is 0.536. The molecule has 2 aliphatic rings. The zero-order valence-corrected chi connectivity index (χ0v) is 21.7. The minimum absolute atomic E-state index is 0. The molecule has 0 atom stereocenters. The van der Waals surface area contributed by atoms with Crippen LogP contribution in [-0.4, -0.2) is 65.9 Å². The fourth-order valence-electron chi connectivity index (χ4n) is 5.36. The Morgan fingerprint density at radius 2 is 1.69 bits per heavy atom. The van der Waals surface area contributed by atoms with Gasteiger partial charge in [-0.1, -0.05) is 30.3 Å². The van der Waals surface area contributed by atoms with E-state index >= 15 is 0 Å². The number of anilines is 1. The third kappa shape index (κ3) is 7.77. The summed E-state index contributed by atoms with van der Waals surface area (Å²) in [6, 6.07) is 14.7. The molecule has 6 nitrogen and oxygen atoms in total. The number of benzene rings is 1. The lowest BCUT2D eigenvalue weighted by Crippen LogP contribution is -2.45. The number of amides is 2. The van der Waals surface area contributed by atoms with E-state index in [0.717, 1.165) is 50.5 Å². The molecule has 1 aromatic carbocycles. The maximum absolute atomic E-state index is 13.5. The van der Waals surface area contributed by atoms with Crippen LogP contribution in [0.25, 0.3) is 0 Å². The van der Waals surface area contributed by atoms with Gasteiger partial charge in [0.15, 0.2) is 0 Å². The number of carbonyl (C=O) groups excluding carboxylic acids is 2. The highest BCUT2D eigenvalue weighted by molar-refractivity contribution is 5.95. The first-order valence-corrected chi connectivity index (χ1v) is 12.8. The third-order valence-corrected chi connectivity index (χ3v) is 7.44. The molecule has 0 aliphatic carbocycles. The molecule has 0 N–H and O–H groups in total.